The van der Waals surface area contributed by atoms with Crippen LogP contribution in [-0.4, -0.2) is 30.3 Å². The minimum Gasteiger partial charge on any atom is -0.350 e. The van der Waals surface area contributed by atoms with E-state index in [4.69, 9.17) is 0 Å². The smallest absolute Gasteiger partial charge is 0.262 e. The molecule has 2 rings (SSSR count). The quantitative estimate of drug-likeness (QED) is 0.661. The lowest BCUT2D eigenvalue weighted by Gasteiger charge is -2.21. The molecule has 1 aromatic carbocycles. The number of thiophene rings is 1. The third kappa shape index (κ3) is 6.00. The number of benzene rings is 1. The molecule has 0 bridgehead atoms. The molecule has 7 heteroatoms. The molecule has 138 valence electrons. The molecule has 1 atom stereocenters. The van der Waals surface area contributed by atoms with Crippen molar-refractivity contribution in [2.24, 2.45) is 5.92 Å². The Balaban J connectivity index is 1.81. The highest BCUT2D eigenvalue weighted by molar-refractivity contribution is 7.12. The van der Waals surface area contributed by atoms with Gasteiger partial charge in [-0.15, -0.1) is 11.3 Å². The topological polar surface area (TPSA) is 87.3 Å². The second-order valence-corrected chi connectivity index (χ2v) is 7.10. The van der Waals surface area contributed by atoms with Gasteiger partial charge in [0.05, 0.1) is 11.4 Å². The summed E-state index contributed by atoms with van der Waals surface area (Å²) in [5.74, 6) is -1.05. The molecule has 0 saturated carbocycles. The number of hydrogen-bond donors (Lipinski definition) is 3. The summed E-state index contributed by atoms with van der Waals surface area (Å²) in [5, 5.41) is 9.86. The van der Waals surface area contributed by atoms with Crippen LogP contribution in [0.4, 0.5) is 0 Å². The van der Waals surface area contributed by atoms with E-state index in [9.17, 15) is 14.4 Å². The van der Waals surface area contributed by atoms with Gasteiger partial charge in [0.1, 0.15) is 6.04 Å². The zero-order chi connectivity index (χ0) is 18.9. The normalized spacial score (nSPS) is 11.7. The van der Waals surface area contributed by atoms with E-state index in [2.05, 4.69) is 16.0 Å². The van der Waals surface area contributed by atoms with Crippen LogP contribution >= 0.6 is 11.3 Å². The number of rotatable bonds is 8. The molecule has 0 spiro atoms. The average molecular weight is 373 g/mol. The van der Waals surface area contributed by atoms with Gasteiger partial charge in [0.25, 0.3) is 5.91 Å². The van der Waals surface area contributed by atoms with E-state index in [0.29, 0.717) is 11.4 Å². The Labute approximate surface area is 157 Å². The van der Waals surface area contributed by atoms with E-state index in [1.807, 2.05) is 44.2 Å². The van der Waals surface area contributed by atoms with Crippen molar-refractivity contribution in [1.29, 1.82) is 0 Å². The van der Waals surface area contributed by atoms with Crippen LogP contribution in [0.3, 0.4) is 0 Å². The van der Waals surface area contributed by atoms with Gasteiger partial charge in [0, 0.05) is 6.54 Å². The van der Waals surface area contributed by atoms with E-state index in [1.54, 1.807) is 17.5 Å². The Bertz CT molecular complexity index is 730. The average Bonchev–Trinajstić information content (AvgIpc) is 3.17. The van der Waals surface area contributed by atoms with Gasteiger partial charge in [-0.2, -0.15) is 0 Å². The molecule has 26 heavy (non-hydrogen) atoms. The van der Waals surface area contributed by atoms with Gasteiger partial charge in [-0.3, -0.25) is 14.4 Å². The Morgan fingerprint density at radius 2 is 1.73 bits per heavy atom. The van der Waals surface area contributed by atoms with E-state index >= 15 is 0 Å². The van der Waals surface area contributed by atoms with E-state index in [1.165, 1.54) is 11.3 Å². The van der Waals surface area contributed by atoms with Crippen molar-refractivity contribution >= 4 is 29.1 Å². The second kappa shape index (κ2) is 9.72. The fourth-order valence-corrected chi connectivity index (χ4v) is 2.92. The number of nitrogens with one attached hydrogen (secondary N) is 3. The molecule has 0 radical (unpaired) electrons. The van der Waals surface area contributed by atoms with Crippen molar-refractivity contribution in [2.45, 2.75) is 26.4 Å². The zero-order valence-corrected chi connectivity index (χ0v) is 15.6. The third-order valence-electron chi connectivity index (χ3n) is 3.74. The lowest BCUT2D eigenvalue weighted by molar-refractivity contribution is -0.127. The van der Waals surface area contributed by atoms with Crippen molar-refractivity contribution in [3.05, 3.63) is 58.3 Å². The second-order valence-electron chi connectivity index (χ2n) is 6.15. The number of amides is 3. The van der Waals surface area contributed by atoms with Crippen molar-refractivity contribution in [2.75, 3.05) is 6.54 Å². The SMILES string of the molecule is CC(C)C(NC(=O)c1cccs1)C(=O)NCC(=O)NCc1ccccc1. The molecule has 0 saturated heterocycles. The highest BCUT2D eigenvalue weighted by Gasteiger charge is 2.25. The minimum absolute atomic E-state index is 0.105. The summed E-state index contributed by atoms with van der Waals surface area (Å²) >= 11 is 1.31. The van der Waals surface area contributed by atoms with Crippen molar-refractivity contribution < 1.29 is 14.4 Å². The fourth-order valence-electron chi connectivity index (χ4n) is 2.29. The molecule has 0 aliphatic heterocycles. The largest absolute Gasteiger partial charge is 0.350 e. The maximum Gasteiger partial charge on any atom is 0.262 e. The summed E-state index contributed by atoms with van der Waals surface area (Å²) in [6.45, 7) is 3.95. The highest BCUT2D eigenvalue weighted by atomic mass is 32.1. The van der Waals surface area contributed by atoms with E-state index in [-0.39, 0.29) is 30.2 Å². The first-order valence-electron chi connectivity index (χ1n) is 8.40. The summed E-state index contributed by atoms with van der Waals surface area (Å²) in [6.07, 6.45) is 0. The van der Waals surface area contributed by atoms with Crippen molar-refractivity contribution in [1.82, 2.24) is 16.0 Å². The molecule has 6 nitrogen and oxygen atoms in total. The summed E-state index contributed by atoms with van der Waals surface area (Å²) in [6, 6.07) is 12.3. The maximum absolute atomic E-state index is 12.4. The fraction of sp³-hybridized carbons (Fsp3) is 0.316. The predicted octanol–water partition coefficient (Wildman–Crippen LogP) is 1.94. The minimum atomic E-state index is -0.702. The van der Waals surface area contributed by atoms with Gasteiger partial charge in [-0.25, -0.2) is 0 Å². The van der Waals surface area contributed by atoms with Crippen LogP contribution in [-0.2, 0) is 16.1 Å². The molecular weight excluding hydrogens is 350 g/mol. The molecule has 0 fully saturated rings. The van der Waals surface area contributed by atoms with Crippen molar-refractivity contribution in [3.8, 4) is 0 Å². The van der Waals surface area contributed by atoms with Gasteiger partial charge < -0.3 is 16.0 Å². The molecule has 1 heterocycles. The maximum atomic E-state index is 12.4. The van der Waals surface area contributed by atoms with Crippen LogP contribution in [0.25, 0.3) is 0 Å². The van der Waals surface area contributed by atoms with Crippen LogP contribution in [0.2, 0.25) is 0 Å². The lowest BCUT2D eigenvalue weighted by atomic mass is 10.0. The van der Waals surface area contributed by atoms with Crippen LogP contribution in [0.5, 0.6) is 0 Å². The Morgan fingerprint density at radius 1 is 1.00 bits per heavy atom. The molecule has 1 unspecified atom stereocenters. The molecule has 3 N–H and O–H groups in total. The summed E-state index contributed by atoms with van der Waals surface area (Å²) in [7, 11) is 0. The first-order chi connectivity index (χ1) is 12.5. The van der Waals surface area contributed by atoms with E-state index < -0.39 is 6.04 Å². The summed E-state index contributed by atoms with van der Waals surface area (Å²) in [5.41, 5.74) is 0.982. The van der Waals surface area contributed by atoms with Gasteiger partial charge in [0.2, 0.25) is 11.8 Å². The van der Waals surface area contributed by atoms with E-state index in [0.717, 1.165) is 5.56 Å². The molecule has 1 aromatic heterocycles. The van der Waals surface area contributed by atoms with Gasteiger partial charge >= 0.3 is 0 Å². The standard InChI is InChI=1S/C19H23N3O3S/c1-13(2)17(22-18(24)15-9-6-10-26-15)19(25)21-12-16(23)20-11-14-7-4-3-5-8-14/h3-10,13,17H,11-12H2,1-2H3,(H,20,23)(H,21,25)(H,22,24). The van der Waals surface area contributed by atoms with Crippen LogP contribution in [0.1, 0.15) is 29.1 Å². The Kier molecular flexibility index (Phi) is 7.35. The lowest BCUT2D eigenvalue weighted by Crippen LogP contribution is -2.51. The summed E-state index contributed by atoms with van der Waals surface area (Å²) in [4.78, 5) is 37.0. The van der Waals surface area contributed by atoms with Crippen molar-refractivity contribution in [3.63, 3.8) is 0 Å². The summed E-state index contributed by atoms with van der Waals surface area (Å²) < 4.78 is 0. The number of carbonyl (C=O) groups excluding carboxylic acids is 3. The van der Waals surface area contributed by atoms with Gasteiger partial charge in [-0.1, -0.05) is 50.2 Å². The third-order valence-corrected chi connectivity index (χ3v) is 4.61. The number of carbonyl (C=O) groups is 3. The number of hydrogen-bond acceptors (Lipinski definition) is 4. The monoisotopic (exact) mass is 373 g/mol. The van der Waals surface area contributed by atoms with Gasteiger partial charge in [0.15, 0.2) is 0 Å². The molecule has 2 aromatic rings. The molecule has 3 amide bonds. The molecule has 0 aliphatic carbocycles. The highest BCUT2D eigenvalue weighted by Crippen LogP contribution is 2.10. The van der Waals surface area contributed by atoms with Crippen LogP contribution in [0, 0.1) is 5.92 Å². The molecular formula is C19H23N3O3S. The van der Waals surface area contributed by atoms with Crippen LogP contribution in [0.15, 0.2) is 47.8 Å². The van der Waals surface area contributed by atoms with Crippen LogP contribution < -0.4 is 16.0 Å². The first kappa shape index (κ1) is 19.7. The van der Waals surface area contributed by atoms with Gasteiger partial charge in [-0.05, 0) is 22.9 Å². The Morgan fingerprint density at radius 3 is 2.35 bits per heavy atom. The Hall–Kier alpha value is -2.67. The zero-order valence-electron chi connectivity index (χ0n) is 14.8. The first-order valence-corrected chi connectivity index (χ1v) is 9.28. The predicted molar refractivity (Wildman–Crippen MR) is 102 cm³/mol. The molecule has 0 aliphatic rings.